The zero-order chi connectivity index (χ0) is 21.4. The van der Waals surface area contributed by atoms with Gasteiger partial charge in [0.15, 0.2) is 0 Å². The molecule has 1 spiro atoms. The second kappa shape index (κ2) is 8.27. The molecule has 1 aromatic heterocycles. The first-order valence-electron chi connectivity index (χ1n) is 11.2. The molecule has 3 aromatic rings. The third kappa shape index (κ3) is 4.34. The summed E-state index contributed by atoms with van der Waals surface area (Å²) in [5.74, 6) is 0.325. The molecule has 5 rings (SSSR count). The minimum absolute atomic E-state index is 0.180. The van der Waals surface area contributed by atoms with E-state index in [9.17, 15) is 4.39 Å². The number of hydrogen-bond donors (Lipinski definition) is 1. The first kappa shape index (κ1) is 20.5. The molecule has 0 atom stereocenters. The Hall–Kier alpha value is -2.39. The molecule has 0 radical (unpaired) electrons. The Morgan fingerprint density at radius 3 is 2.58 bits per heavy atom. The topological polar surface area (TPSA) is 24.9 Å². The second-order valence-corrected chi connectivity index (χ2v) is 9.93. The number of hydrogen-bond acceptors (Lipinski definition) is 2. The van der Waals surface area contributed by atoms with Gasteiger partial charge in [-0.05, 0) is 97.4 Å². The van der Waals surface area contributed by atoms with Crippen LogP contribution in [0.5, 0.6) is 0 Å². The summed E-state index contributed by atoms with van der Waals surface area (Å²) in [5, 5.41) is 5.40. The first-order chi connectivity index (χ1) is 15.0. The van der Waals surface area contributed by atoms with E-state index in [1.54, 1.807) is 12.1 Å². The summed E-state index contributed by atoms with van der Waals surface area (Å²) in [6.45, 7) is 4.23. The standard InChI is InChI=1S/C27H28ClFN2/c1-18(14-19-2-4-21(28)5-3-19)31-23-16-27(17-23)11-8-20(9-12-27)24-10-13-30-26-7-6-22(29)15-25(24)26/h2-7,10,13,15,20,23,31H,1,8-9,11-12,14,16-17H2. The highest BCUT2D eigenvalue weighted by atomic mass is 35.5. The van der Waals surface area contributed by atoms with Crippen molar-refractivity contribution < 1.29 is 4.39 Å². The number of halogens is 2. The number of pyridine rings is 1. The number of benzene rings is 2. The van der Waals surface area contributed by atoms with Crippen molar-refractivity contribution in [2.45, 2.75) is 56.9 Å². The molecular formula is C27H28ClFN2. The summed E-state index contributed by atoms with van der Waals surface area (Å²) in [7, 11) is 0. The Morgan fingerprint density at radius 1 is 1.10 bits per heavy atom. The second-order valence-electron chi connectivity index (χ2n) is 9.49. The summed E-state index contributed by atoms with van der Waals surface area (Å²) in [6, 6.07) is 15.6. The molecule has 31 heavy (non-hydrogen) atoms. The maximum atomic E-state index is 13.8. The zero-order valence-corrected chi connectivity index (χ0v) is 18.5. The zero-order valence-electron chi connectivity index (χ0n) is 17.7. The average molecular weight is 435 g/mol. The van der Waals surface area contributed by atoms with Gasteiger partial charge >= 0.3 is 0 Å². The van der Waals surface area contributed by atoms with E-state index in [0.717, 1.165) is 28.0 Å². The van der Waals surface area contributed by atoms with E-state index in [1.807, 2.05) is 18.3 Å². The van der Waals surface area contributed by atoms with Gasteiger partial charge in [-0.3, -0.25) is 4.98 Å². The van der Waals surface area contributed by atoms with Crippen LogP contribution in [-0.2, 0) is 6.42 Å². The molecule has 4 heteroatoms. The van der Waals surface area contributed by atoms with Crippen molar-refractivity contribution in [3.05, 3.63) is 89.0 Å². The van der Waals surface area contributed by atoms with Gasteiger partial charge in [-0.25, -0.2) is 4.39 Å². The Kier molecular flexibility index (Phi) is 5.47. The summed E-state index contributed by atoms with van der Waals surface area (Å²) in [6.07, 6.45) is 10.0. The SMILES string of the molecule is C=C(Cc1ccc(Cl)cc1)NC1CC2(CCC(c3ccnc4ccc(F)cc34)CC2)C1. The molecule has 0 aliphatic heterocycles. The fraction of sp³-hybridized carbons (Fsp3) is 0.370. The lowest BCUT2D eigenvalue weighted by atomic mass is 9.56. The number of nitrogens with zero attached hydrogens (tertiary/aromatic N) is 1. The first-order valence-corrected chi connectivity index (χ1v) is 11.6. The van der Waals surface area contributed by atoms with Gasteiger partial charge in [0, 0.05) is 34.8 Å². The van der Waals surface area contributed by atoms with Crippen LogP contribution in [0.3, 0.4) is 0 Å². The van der Waals surface area contributed by atoms with E-state index in [0.29, 0.717) is 17.4 Å². The predicted octanol–water partition coefficient (Wildman–Crippen LogP) is 7.18. The van der Waals surface area contributed by atoms with Crippen LogP contribution in [0.1, 0.15) is 55.6 Å². The number of allylic oxidation sites excluding steroid dienone is 1. The van der Waals surface area contributed by atoms with Crippen LogP contribution in [0.2, 0.25) is 5.02 Å². The summed E-state index contributed by atoms with van der Waals surface area (Å²) < 4.78 is 13.8. The molecule has 0 bridgehead atoms. The quantitative estimate of drug-likeness (QED) is 0.460. The van der Waals surface area contributed by atoms with Gasteiger partial charge in [0.05, 0.1) is 5.52 Å². The van der Waals surface area contributed by atoms with Crippen LogP contribution in [0.25, 0.3) is 10.9 Å². The predicted molar refractivity (Wildman–Crippen MR) is 126 cm³/mol. The minimum Gasteiger partial charge on any atom is -0.386 e. The van der Waals surface area contributed by atoms with Crippen LogP contribution in [0, 0.1) is 11.2 Å². The fourth-order valence-corrected chi connectivity index (χ4v) is 5.85. The highest BCUT2D eigenvalue weighted by Gasteiger charge is 2.46. The normalized spacial score (nSPS) is 25.4. The van der Waals surface area contributed by atoms with Gasteiger partial charge in [-0.2, -0.15) is 0 Å². The van der Waals surface area contributed by atoms with Crippen LogP contribution in [-0.4, -0.2) is 11.0 Å². The lowest BCUT2D eigenvalue weighted by Crippen LogP contribution is -2.50. The number of fused-ring (bicyclic) bond motifs is 1. The van der Waals surface area contributed by atoms with E-state index >= 15 is 0 Å². The maximum absolute atomic E-state index is 13.8. The largest absolute Gasteiger partial charge is 0.386 e. The molecule has 2 saturated carbocycles. The summed E-state index contributed by atoms with van der Waals surface area (Å²) in [4.78, 5) is 4.42. The van der Waals surface area contributed by atoms with Crippen molar-refractivity contribution in [3.8, 4) is 0 Å². The van der Waals surface area contributed by atoms with Crippen LogP contribution in [0.4, 0.5) is 4.39 Å². The third-order valence-electron chi connectivity index (χ3n) is 7.32. The molecule has 2 aromatic carbocycles. The lowest BCUT2D eigenvalue weighted by Gasteiger charge is -2.52. The molecule has 160 valence electrons. The van der Waals surface area contributed by atoms with Crippen molar-refractivity contribution >= 4 is 22.5 Å². The molecule has 2 fully saturated rings. The van der Waals surface area contributed by atoms with E-state index in [1.165, 1.54) is 55.7 Å². The minimum atomic E-state index is -0.180. The highest BCUT2D eigenvalue weighted by Crippen LogP contribution is 2.55. The summed E-state index contributed by atoms with van der Waals surface area (Å²) in [5.41, 5.74) is 4.96. The molecule has 1 heterocycles. The van der Waals surface area contributed by atoms with Gasteiger partial charge in [0.1, 0.15) is 5.82 Å². The van der Waals surface area contributed by atoms with Gasteiger partial charge in [-0.1, -0.05) is 30.3 Å². The molecular weight excluding hydrogens is 407 g/mol. The highest BCUT2D eigenvalue weighted by molar-refractivity contribution is 6.30. The van der Waals surface area contributed by atoms with E-state index in [4.69, 9.17) is 11.6 Å². The Bertz CT molecular complexity index is 1090. The van der Waals surface area contributed by atoms with Gasteiger partial charge in [0.2, 0.25) is 0 Å². The van der Waals surface area contributed by atoms with Crippen molar-refractivity contribution in [2.24, 2.45) is 5.41 Å². The van der Waals surface area contributed by atoms with Gasteiger partial charge < -0.3 is 5.32 Å². The maximum Gasteiger partial charge on any atom is 0.123 e. The number of nitrogens with one attached hydrogen (secondary N) is 1. The molecule has 0 unspecified atom stereocenters. The number of rotatable bonds is 5. The van der Waals surface area contributed by atoms with Crippen molar-refractivity contribution in [2.75, 3.05) is 0 Å². The lowest BCUT2D eigenvalue weighted by molar-refractivity contribution is 0.0366. The van der Waals surface area contributed by atoms with Crippen LogP contribution >= 0.6 is 11.6 Å². The molecule has 2 aliphatic carbocycles. The van der Waals surface area contributed by atoms with E-state index < -0.39 is 0 Å². The van der Waals surface area contributed by atoms with Crippen LogP contribution in [0.15, 0.2) is 67.0 Å². The van der Waals surface area contributed by atoms with Crippen molar-refractivity contribution in [1.29, 1.82) is 0 Å². The Balaban J connectivity index is 1.15. The van der Waals surface area contributed by atoms with E-state index in [-0.39, 0.29) is 5.82 Å². The summed E-state index contributed by atoms with van der Waals surface area (Å²) >= 11 is 5.97. The van der Waals surface area contributed by atoms with Crippen LogP contribution < -0.4 is 5.32 Å². The smallest absolute Gasteiger partial charge is 0.123 e. The van der Waals surface area contributed by atoms with Crippen molar-refractivity contribution in [3.63, 3.8) is 0 Å². The average Bonchev–Trinajstić information content (AvgIpc) is 2.74. The Labute approximate surface area is 188 Å². The molecule has 0 saturated heterocycles. The fourth-order valence-electron chi connectivity index (χ4n) is 5.72. The third-order valence-corrected chi connectivity index (χ3v) is 7.57. The van der Waals surface area contributed by atoms with E-state index in [2.05, 4.69) is 35.1 Å². The molecule has 1 N–H and O–H groups in total. The van der Waals surface area contributed by atoms with Crippen molar-refractivity contribution in [1.82, 2.24) is 10.3 Å². The Morgan fingerprint density at radius 2 is 1.84 bits per heavy atom. The molecule has 0 amide bonds. The van der Waals surface area contributed by atoms with Gasteiger partial charge in [-0.15, -0.1) is 0 Å². The monoisotopic (exact) mass is 434 g/mol. The number of aromatic nitrogens is 1. The van der Waals surface area contributed by atoms with Gasteiger partial charge in [0.25, 0.3) is 0 Å². The molecule has 2 nitrogen and oxygen atoms in total. The molecule has 2 aliphatic rings.